The second-order valence-electron chi connectivity index (χ2n) is 6.62. The van der Waals surface area contributed by atoms with Crippen LogP contribution >= 0.6 is 12.4 Å². The minimum atomic E-state index is -3.65. The molecule has 140 valence electrons. The lowest BCUT2D eigenvalue weighted by molar-refractivity contribution is 0.322. The first-order valence-electron chi connectivity index (χ1n) is 8.16. The minimum Gasteiger partial charge on any atom is -0.349 e. The normalized spacial score (nSPS) is 19.5. The van der Waals surface area contributed by atoms with Crippen LogP contribution < -0.4 is 5.73 Å². The molecule has 4 rings (SSSR count). The van der Waals surface area contributed by atoms with Gasteiger partial charge in [0.25, 0.3) is 10.0 Å². The molecule has 8 nitrogen and oxygen atoms in total. The molecule has 0 atom stereocenters. The Kier molecular flexibility index (Phi) is 4.80. The van der Waals surface area contributed by atoms with Crippen LogP contribution in [0, 0.1) is 0 Å². The van der Waals surface area contributed by atoms with Gasteiger partial charge in [-0.1, -0.05) is 30.1 Å². The summed E-state index contributed by atoms with van der Waals surface area (Å²) in [7, 11) is -1.91. The zero-order valence-electron chi connectivity index (χ0n) is 14.3. The molecule has 2 N–H and O–H groups in total. The summed E-state index contributed by atoms with van der Waals surface area (Å²) >= 11 is 0. The molecule has 0 unspecified atom stereocenters. The van der Waals surface area contributed by atoms with Crippen molar-refractivity contribution in [1.82, 2.24) is 15.0 Å². The van der Waals surface area contributed by atoms with Crippen molar-refractivity contribution < 1.29 is 12.9 Å². The first-order valence-corrected chi connectivity index (χ1v) is 9.60. The number of nitrogens with zero attached hydrogens (tertiary/aromatic N) is 4. The smallest absolute Gasteiger partial charge is 0.285 e. The zero-order chi connectivity index (χ0) is 17.7. The quantitative estimate of drug-likeness (QED) is 0.839. The summed E-state index contributed by atoms with van der Waals surface area (Å²) < 4.78 is 33.5. The van der Waals surface area contributed by atoms with E-state index in [1.54, 1.807) is 36.2 Å². The Labute approximate surface area is 157 Å². The average molecular weight is 398 g/mol. The monoisotopic (exact) mass is 397 g/mol. The van der Waals surface area contributed by atoms with Crippen LogP contribution in [0.1, 0.15) is 43.0 Å². The number of hydrogen-bond donors (Lipinski definition) is 1. The standard InChI is InChI=1S/C16H19N5O3S.ClH/c1-21(14-11-6-2-3-7-12(11)25(22,23)20-14)10-13-18-15(19-24-13)16(17)8-4-5-9-16;/h2-3,6-7H,4-5,8-10,17H2,1H3;1H. The molecule has 0 spiro atoms. The van der Waals surface area contributed by atoms with Crippen LogP contribution in [0.3, 0.4) is 0 Å². The highest BCUT2D eigenvalue weighted by Crippen LogP contribution is 2.34. The van der Waals surface area contributed by atoms with Crippen molar-refractivity contribution in [1.29, 1.82) is 0 Å². The third-order valence-corrected chi connectivity index (χ3v) is 6.08. The van der Waals surface area contributed by atoms with Gasteiger partial charge in [0, 0.05) is 12.6 Å². The average Bonchev–Trinajstić information content (AvgIpc) is 3.28. The summed E-state index contributed by atoms with van der Waals surface area (Å²) in [5.41, 5.74) is 6.41. The van der Waals surface area contributed by atoms with Gasteiger partial charge in [0.2, 0.25) is 5.89 Å². The number of aromatic nitrogens is 2. The number of nitrogens with two attached hydrogens (primary N) is 1. The van der Waals surface area contributed by atoms with E-state index in [0.29, 0.717) is 23.1 Å². The molecule has 1 saturated carbocycles. The predicted octanol–water partition coefficient (Wildman–Crippen LogP) is 1.80. The topological polar surface area (TPSA) is 115 Å². The molecule has 1 aliphatic carbocycles. The molecule has 0 bridgehead atoms. The van der Waals surface area contributed by atoms with Gasteiger partial charge in [-0.3, -0.25) is 0 Å². The maximum atomic E-state index is 12.2. The third-order valence-electron chi connectivity index (χ3n) is 4.76. The number of benzene rings is 1. The predicted molar refractivity (Wildman–Crippen MR) is 97.5 cm³/mol. The van der Waals surface area contributed by atoms with E-state index in [-0.39, 0.29) is 23.8 Å². The number of rotatable bonds is 3. The molecule has 1 aromatic heterocycles. The van der Waals surface area contributed by atoms with Gasteiger partial charge in [-0.15, -0.1) is 16.8 Å². The van der Waals surface area contributed by atoms with Crippen LogP contribution in [0.15, 0.2) is 38.1 Å². The second-order valence-corrected chi connectivity index (χ2v) is 8.19. The second kappa shape index (κ2) is 6.64. The molecular formula is C16H20ClN5O3S. The largest absolute Gasteiger partial charge is 0.349 e. The van der Waals surface area contributed by atoms with Crippen LogP contribution in [-0.4, -0.2) is 36.3 Å². The van der Waals surface area contributed by atoms with Crippen LogP contribution in [0.25, 0.3) is 0 Å². The fourth-order valence-electron chi connectivity index (χ4n) is 3.39. The number of sulfonamides is 1. The summed E-state index contributed by atoms with van der Waals surface area (Å²) in [5.74, 6) is 1.28. The van der Waals surface area contributed by atoms with Gasteiger partial charge in [0.1, 0.15) is 4.90 Å². The molecule has 26 heavy (non-hydrogen) atoms. The van der Waals surface area contributed by atoms with Crippen molar-refractivity contribution in [3.63, 3.8) is 0 Å². The van der Waals surface area contributed by atoms with E-state index in [2.05, 4.69) is 14.5 Å². The van der Waals surface area contributed by atoms with Crippen molar-refractivity contribution in [2.45, 2.75) is 42.7 Å². The van der Waals surface area contributed by atoms with Crippen LogP contribution in [0.2, 0.25) is 0 Å². The van der Waals surface area contributed by atoms with Crippen LogP contribution in [-0.2, 0) is 22.1 Å². The van der Waals surface area contributed by atoms with Crippen molar-refractivity contribution in [3.8, 4) is 0 Å². The third kappa shape index (κ3) is 3.10. The van der Waals surface area contributed by atoms with Gasteiger partial charge in [0.15, 0.2) is 11.7 Å². The minimum absolute atomic E-state index is 0. The molecule has 0 saturated heterocycles. The van der Waals surface area contributed by atoms with Crippen molar-refractivity contribution in [2.75, 3.05) is 7.05 Å². The van der Waals surface area contributed by atoms with E-state index >= 15 is 0 Å². The number of fused-ring (bicyclic) bond motifs is 1. The molecule has 1 fully saturated rings. The first-order chi connectivity index (χ1) is 11.9. The van der Waals surface area contributed by atoms with Crippen LogP contribution in [0.4, 0.5) is 0 Å². The van der Waals surface area contributed by atoms with E-state index in [1.807, 2.05) is 0 Å². The number of amidine groups is 1. The van der Waals surface area contributed by atoms with Gasteiger partial charge in [0.05, 0.1) is 12.1 Å². The van der Waals surface area contributed by atoms with Crippen LogP contribution in [0.5, 0.6) is 0 Å². The van der Waals surface area contributed by atoms with E-state index < -0.39 is 15.6 Å². The fraction of sp³-hybridized carbons (Fsp3) is 0.438. The molecule has 0 radical (unpaired) electrons. The van der Waals surface area contributed by atoms with Crippen molar-refractivity contribution >= 4 is 28.3 Å². The van der Waals surface area contributed by atoms with Crippen molar-refractivity contribution in [3.05, 3.63) is 41.5 Å². The van der Waals surface area contributed by atoms with E-state index in [9.17, 15) is 8.42 Å². The van der Waals surface area contributed by atoms with Gasteiger partial charge < -0.3 is 15.2 Å². The van der Waals surface area contributed by atoms with Gasteiger partial charge >= 0.3 is 0 Å². The highest BCUT2D eigenvalue weighted by atomic mass is 35.5. The van der Waals surface area contributed by atoms with E-state index in [1.165, 1.54) is 0 Å². The van der Waals surface area contributed by atoms with E-state index in [4.69, 9.17) is 10.3 Å². The Balaban J connectivity index is 0.00000196. The summed E-state index contributed by atoms with van der Waals surface area (Å²) in [4.78, 5) is 6.33. The fourth-order valence-corrected chi connectivity index (χ4v) is 4.64. The molecule has 10 heteroatoms. The Morgan fingerprint density at radius 1 is 1.27 bits per heavy atom. The van der Waals surface area contributed by atoms with Gasteiger partial charge in [-0.25, -0.2) is 0 Å². The lowest BCUT2D eigenvalue weighted by atomic mass is 9.99. The molecule has 2 aromatic rings. The lowest BCUT2D eigenvalue weighted by Gasteiger charge is -2.18. The summed E-state index contributed by atoms with van der Waals surface area (Å²) in [5, 5.41) is 4.03. The maximum Gasteiger partial charge on any atom is 0.285 e. The zero-order valence-corrected chi connectivity index (χ0v) is 15.9. The maximum absolute atomic E-state index is 12.2. The lowest BCUT2D eigenvalue weighted by Crippen LogP contribution is -2.34. The molecule has 2 aliphatic rings. The first kappa shape index (κ1) is 18.8. The molecule has 1 aliphatic heterocycles. The Morgan fingerprint density at radius 2 is 1.96 bits per heavy atom. The molecular weight excluding hydrogens is 378 g/mol. The Bertz CT molecular complexity index is 950. The SMILES string of the molecule is CN(Cc1nc(C2(N)CCCC2)no1)C1=NS(=O)(=O)c2ccccc21.Cl. The van der Waals surface area contributed by atoms with Gasteiger partial charge in [-0.2, -0.15) is 13.4 Å². The molecule has 2 heterocycles. The van der Waals surface area contributed by atoms with E-state index in [0.717, 1.165) is 25.7 Å². The summed E-state index contributed by atoms with van der Waals surface area (Å²) in [6.45, 7) is 0.256. The highest BCUT2D eigenvalue weighted by molar-refractivity contribution is 7.90. The summed E-state index contributed by atoms with van der Waals surface area (Å²) in [6.07, 6.45) is 3.82. The molecule has 0 amide bonds. The summed E-state index contributed by atoms with van der Waals surface area (Å²) in [6, 6.07) is 6.76. The van der Waals surface area contributed by atoms with Crippen molar-refractivity contribution in [2.24, 2.45) is 10.1 Å². The molecule has 1 aromatic carbocycles. The Hall–Kier alpha value is -1.97. The highest BCUT2D eigenvalue weighted by Gasteiger charge is 2.36. The number of halogens is 1. The van der Waals surface area contributed by atoms with Gasteiger partial charge in [-0.05, 0) is 25.0 Å². The Morgan fingerprint density at radius 3 is 2.69 bits per heavy atom. The number of hydrogen-bond acceptors (Lipinski definition) is 7.